The highest BCUT2D eigenvalue weighted by Gasteiger charge is 2.18. The molecule has 0 spiro atoms. The summed E-state index contributed by atoms with van der Waals surface area (Å²) in [6, 6.07) is 17.2. The number of carbonyl (C=O) groups is 1. The van der Waals surface area contributed by atoms with Crippen LogP contribution in [0.5, 0.6) is 0 Å². The zero-order valence-corrected chi connectivity index (χ0v) is 15.7. The molecule has 134 valence electrons. The van der Waals surface area contributed by atoms with Crippen molar-refractivity contribution in [2.45, 2.75) is 11.8 Å². The van der Waals surface area contributed by atoms with E-state index < -0.39 is 10.0 Å². The molecule has 6 heteroatoms. The van der Waals surface area contributed by atoms with Crippen molar-refractivity contribution in [2.24, 2.45) is 0 Å². The van der Waals surface area contributed by atoms with Crippen LogP contribution in [0.2, 0.25) is 0 Å². The molecule has 1 N–H and O–H groups in total. The van der Waals surface area contributed by atoms with Crippen LogP contribution in [0.15, 0.2) is 65.6 Å². The van der Waals surface area contributed by atoms with E-state index in [0.29, 0.717) is 16.6 Å². The van der Waals surface area contributed by atoms with E-state index in [-0.39, 0.29) is 10.7 Å². The highest BCUT2D eigenvalue weighted by atomic mass is 32.2. The summed E-state index contributed by atoms with van der Waals surface area (Å²) in [5.74, 6) is -0.0651. The normalized spacial score (nSPS) is 11.3. The van der Waals surface area contributed by atoms with E-state index in [1.54, 1.807) is 42.5 Å². The van der Waals surface area contributed by atoms with E-state index >= 15 is 0 Å². The first kappa shape index (κ1) is 17.9. The number of fused-ring (bicyclic) bond motifs is 1. The van der Waals surface area contributed by atoms with Crippen LogP contribution < -0.4 is 9.62 Å². The maximum atomic E-state index is 12.9. The van der Waals surface area contributed by atoms with E-state index in [9.17, 15) is 13.2 Å². The van der Waals surface area contributed by atoms with Crippen LogP contribution in [0.3, 0.4) is 0 Å². The number of sulfonamides is 1. The number of nitrogens with zero attached hydrogens (tertiary/aromatic N) is 1. The lowest BCUT2D eigenvalue weighted by Gasteiger charge is -2.17. The van der Waals surface area contributed by atoms with Crippen LogP contribution in [0, 0.1) is 0 Å². The van der Waals surface area contributed by atoms with Gasteiger partial charge in [0, 0.05) is 41.8 Å². The van der Waals surface area contributed by atoms with Crippen molar-refractivity contribution in [1.82, 2.24) is 0 Å². The number of anilines is 2. The lowest BCUT2D eigenvalue weighted by Crippen LogP contribution is -2.14. The quantitative estimate of drug-likeness (QED) is 0.694. The summed E-state index contributed by atoms with van der Waals surface area (Å²) in [6.07, 6.45) is 0. The largest absolute Gasteiger partial charge is 0.377 e. The monoisotopic (exact) mass is 368 g/mol. The highest BCUT2D eigenvalue weighted by Crippen LogP contribution is 2.31. The molecule has 0 radical (unpaired) electrons. The molecule has 0 saturated heterocycles. The maximum absolute atomic E-state index is 12.9. The van der Waals surface area contributed by atoms with Gasteiger partial charge in [0.15, 0.2) is 5.78 Å². The third kappa shape index (κ3) is 3.41. The van der Waals surface area contributed by atoms with Gasteiger partial charge in [0.25, 0.3) is 10.0 Å². The van der Waals surface area contributed by atoms with Crippen LogP contribution >= 0.6 is 0 Å². The maximum Gasteiger partial charge on any atom is 0.262 e. The zero-order valence-electron chi connectivity index (χ0n) is 14.9. The Morgan fingerprint density at radius 1 is 0.885 bits per heavy atom. The van der Waals surface area contributed by atoms with Crippen molar-refractivity contribution >= 4 is 38.0 Å². The van der Waals surface area contributed by atoms with Gasteiger partial charge in [0.05, 0.1) is 4.90 Å². The van der Waals surface area contributed by atoms with Gasteiger partial charge < -0.3 is 4.90 Å². The molecule has 0 heterocycles. The van der Waals surface area contributed by atoms with Crippen LogP contribution in [-0.2, 0) is 10.0 Å². The van der Waals surface area contributed by atoms with Gasteiger partial charge in [0.2, 0.25) is 0 Å². The van der Waals surface area contributed by atoms with Crippen molar-refractivity contribution in [3.63, 3.8) is 0 Å². The minimum atomic E-state index is -3.77. The Balaban J connectivity index is 2.04. The Kier molecular flexibility index (Phi) is 4.70. The average molecular weight is 368 g/mol. The molecule has 0 amide bonds. The zero-order chi connectivity index (χ0) is 18.9. The fraction of sp³-hybridized carbons (Fsp3) is 0.150. The fourth-order valence-electron chi connectivity index (χ4n) is 2.87. The summed E-state index contributed by atoms with van der Waals surface area (Å²) >= 11 is 0. The molecule has 0 saturated carbocycles. The lowest BCUT2D eigenvalue weighted by molar-refractivity contribution is 0.101. The van der Waals surface area contributed by atoms with E-state index in [0.717, 1.165) is 11.1 Å². The summed E-state index contributed by atoms with van der Waals surface area (Å²) in [7, 11) is 0.0739. The van der Waals surface area contributed by atoms with E-state index in [1.807, 2.05) is 37.2 Å². The SMILES string of the molecule is CC(=O)c1ccc(NS(=O)(=O)c2cccc3c(N(C)C)cccc23)cc1. The van der Waals surface area contributed by atoms with Crippen molar-refractivity contribution < 1.29 is 13.2 Å². The Hall–Kier alpha value is -2.86. The van der Waals surface area contributed by atoms with Gasteiger partial charge in [-0.1, -0.05) is 24.3 Å². The molecule has 0 unspecified atom stereocenters. The van der Waals surface area contributed by atoms with Crippen molar-refractivity contribution in [3.05, 3.63) is 66.2 Å². The summed E-state index contributed by atoms with van der Waals surface area (Å²) in [4.78, 5) is 13.5. The molecular formula is C20H20N2O3S. The molecule has 0 atom stereocenters. The van der Waals surface area contributed by atoms with Gasteiger partial charge in [-0.25, -0.2) is 8.42 Å². The topological polar surface area (TPSA) is 66.5 Å². The molecule has 0 fully saturated rings. The number of Topliss-reactive ketones (excluding diaryl/α,β-unsaturated/α-hetero) is 1. The highest BCUT2D eigenvalue weighted by molar-refractivity contribution is 7.93. The number of hydrogen-bond donors (Lipinski definition) is 1. The second kappa shape index (κ2) is 6.80. The van der Waals surface area contributed by atoms with Crippen molar-refractivity contribution in [1.29, 1.82) is 0 Å². The predicted octanol–water partition coefficient (Wildman–Crippen LogP) is 3.91. The third-order valence-electron chi connectivity index (χ3n) is 4.17. The predicted molar refractivity (Wildman–Crippen MR) is 106 cm³/mol. The molecule has 0 bridgehead atoms. The summed E-state index contributed by atoms with van der Waals surface area (Å²) in [5.41, 5.74) is 1.90. The second-order valence-electron chi connectivity index (χ2n) is 6.26. The van der Waals surface area contributed by atoms with Crippen molar-refractivity contribution in [3.8, 4) is 0 Å². The minimum Gasteiger partial charge on any atom is -0.377 e. The van der Waals surface area contributed by atoms with Crippen molar-refractivity contribution in [2.75, 3.05) is 23.7 Å². The smallest absolute Gasteiger partial charge is 0.262 e. The lowest BCUT2D eigenvalue weighted by atomic mass is 10.1. The van der Waals surface area contributed by atoms with E-state index in [4.69, 9.17) is 0 Å². The second-order valence-corrected chi connectivity index (χ2v) is 7.91. The third-order valence-corrected chi connectivity index (χ3v) is 5.61. The average Bonchev–Trinajstić information content (AvgIpc) is 2.60. The van der Waals surface area contributed by atoms with Gasteiger partial charge in [-0.2, -0.15) is 0 Å². The summed E-state index contributed by atoms with van der Waals surface area (Å²) in [5, 5.41) is 1.53. The van der Waals surface area contributed by atoms with Gasteiger partial charge in [0.1, 0.15) is 0 Å². The van der Waals surface area contributed by atoms with Gasteiger partial charge in [-0.05, 0) is 43.3 Å². The first-order valence-electron chi connectivity index (χ1n) is 8.12. The number of hydrogen-bond acceptors (Lipinski definition) is 4. The van der Waals surface area contributed by atoms with Gasteiger partial charge in [-0.3, -0.25) is 9.52 Å². The van der Waals surface area contributed by atoms with Crippen LogP contribution in [0.4, 0.5) is 11.4 Å². The molecular weight excluding hydrogens is 348 g/mol. The summed E-state index contributed by atoms with van der Waals surface area (Å²) in [6.45, 7) is 1.47. The Bertz CT molecular complexity index is 1070. The van der Waals surface area contributed by atoms with E-state index in [1.165, 1.54) is 6.92 Å². The van der Waals surface area contributed by atoms with Gasteiger partial charge in [-0.15, -0.1) is 0 Å². The fourth-order valence-corrected chi connectivity index (χ4v) is 4.15. The molecule has 5 nitrogen and oxygen atoms in total. The Morgan fingerprint density at radius 3 is 2.12 bits per heavy atom. The van der Waals surface area contributed by atoms with Gasteiger partial charge >= 0.3 is 0 Å². The number of carbonyl (C=O) groups excluding carboxylic acids is 1. The number of benzene rings is 3. The standard InChI is InChI=1S/C20H20N2O3S/c1-14(23)15-10-12-16(13-11-15)21-26(24,25)20-9-5-6-17-18(20)7-4-8-19(17)22(2)3/h4-13,21H,1-3H3. The number of nitrogens with one attached hydrogen (secondary N) is 1. The minimum absolute atomic E-state index is 0.0651. The molecule has 0 aliphatic heterocycles. The first-order valence-corrected chi connectivity index (χ1v) is 9.61. The molecule has 0 aliphatic carbocycles. The van der Waals surface area contributed by atoms with Crippen LogP contribution in [-0.4, -0.2) is 28.3 Å². The Labute approximate surface area is 153 Å². The number of rotatable bonds is 5. The van der Waals surface area contributed by atoms with E-state index in [2.05, 4.69) is 4.72 Å². The molecule has 3 aromatic rings. The number of ketones is 1. The first-order chi connectivity index (χ1) is 12.3. The van der Waals surface area contributed by atoms with Crippen LogP contribution in [0.25, 0.3) is 10.8 Å². The van der Waals surface area contributed by atoms with Crippen LogP contribution in [0.1, 0.15) is 17.3 Å². The molecule has 0 aliphatic rings. The molecule has 26 heavy (non-hydrogen) atoms. The molecule has 3 rings (SSSR count). The Morgan fingerprint density at radius 2 is 1.50 bits per heavy atom. The molecule has 0 aromatic heterocycles. The summed E-state index contributed by atoms with van der Waals surface area (Å²) < 4.78 is 28.4. The molecule has 3 aromatic carbocycles.